The molecule has 3 aromatic rings. The van der Waals surface area contributed by atoms with Gasteiger partial charge in [0, 0.05) is 22.1 Å². The van der Waals surface area contributed by atoms with E-state index in [1.807, 2.05) is 48.6 Å². The molecule has 177 valence electrons. The summed E-state index contributed by atoms with van der Waals surface area (Å²) < 4.78 is 0. The van der Waals surface area contributed by atoms with Gasteiger partial charge in [0.25, 0.3) is 0 Å². The number of rotatable bonds is 0. The number of H-pyrrole nitrogens is 2. The first-order valence-corrected chi connectivity index (χ1v) is 10.9. The van der Waals surface area contributed by atoms with Crippen LogP contribution in [0.2, 0.25) is 0 Å². The number of nitrogens with two attached hydrogens (primary N) is 1. The summed E-state index contributed by atoms with van der Waals surface area (Å²) >= 11 is 1.22. The predicted molar refractivity (Wildman–Crippen MR) is 170 cm³/mol. The number of aromatic nitrogens is 4. The molecule has 5 rings (SSSR count). The van der Waals surface area contributed by atoms with Crippen LogP contribution in [0.1, 0.15) is 22.8 Å². The van der Waals surface area contributed by atoms with Crippen LogP contribution >= 0.6 is 102 Å². The zero-order valence-corrected chi connectivity index (χ0v) is 30.5. The number of hydrogen-bond acceptors (Lipinski definition) is 3. The average Bonchev–Trinajstić information content (AvgIpc) is 3.41. The third-order valence-corrected chi connectivity index (χ3v) is 4.04. The zero-order valence-electron chi connectivity index (χ0n) is 17.3. The van der Waals surface area contributed by atoms with E-state index in [2.05, 4.69) is 44.2 Å². The van der Waals surface area contributed by atoms with Crippen molar-refractivity contribution in [1.82, 2.24) is 19.9 Å². The third kappa shape index (κ3) is 10.7. The van der Waals surface area contributed by atoms with Crippen LogP contribution in [0.4, 0.5) is 0 Å². The van der Waals surface area contributed by atoms with Crippen molar-refractivity contribution >= 4 is 148 Å². The summed E-state index contributed by atoms with van der Waals surface area (Å²) in [5.41, 5.74) is 12.8. The molecule has 5 nitrogen and oxygen atoms in total. The van der Waals surface area contributed by atoms with Gasteiger partial charge in [-0.25, -0.2) is 9.97 Å². The van der Waals surface area contributed by atoms with Crippen LogP contribution in [0.3, 0.4) is 0 Å². The molecule has 0 saturated carbocycles. The SMILES string of the molecule is Br.Br.Br.Br.Br.Br.C1=Cc2cc3ccc(cc4nc(cc5ccc(cc1n2)[nH]5)C=C4)[nH]3.N[CH2][Zn]. The summed E-state index contributed by atoms with van der Waals surface area (Å²) in [6, 6.07) is 16.4. The Morgan fingerprint density at radius 3 is 0.970 bits per heavy atom. The maximum absolute atomic E-state index is 4.90. The van der Waals surface area contributed by atoms with Gasteiger partial charge in [-0.15, -0.1) is 102 Å². The predicted octanol–water partition coefficient (Wildman–Crippen LogP) is 7.57. The van der Waals surface area contributed by atoms with Crippen LogP contribution in [0.5, 0.6) is 0 Å². The maximum atomic E-state index is 4.90. The van der Waals surface area contributed by atoms with E-state index in [1.54, 1.807) is 0 Å². The first-order valence-electron chi connectivity index (χ1n) is 8.75. The Morgan fingerprint density at radius 1 is 0.545 bits per heavy atom. The molecule has 0 saturated heterocycles. The first-order chi connectivity index (χ1) is 13.2. The molecule has 0 amide bonds. The number of halogens is 6. The van der Waals surface area contributed by atoms with Crippen LogP contribution in [0.15, 0.2) is 48.5 Å². The Balaban J connectivity index is -0.000000953. The fraction of sp³-hybridized carbons (Fsp3) is 0.0476. The van der Waals surface area contributed by atoms with E-state index < -0.39 is 0 Å². The van der Waals surface area contributed by atoms with Crippen molar-refractivity contribution in [2.24, 2.45) is 5.73 Å². The molecular formula is C21H24Br6N5Zn. The topological polar surface area (TPSA) is 83.4 Å². The van der Waals surface area contributed by atoms with E-state index in [0.717, 1.165) is 50.0 Å². The molecule has 0 spiro atoms. The van der Waals surface area contributed by atoms with Crippen molar-refractivity contribution in [2.75, 3.05) is 5.14 Å². The molecule has 0 aromatic carbocycles. The normalized spacial score (nSPS) is 9.79. The second-order valence-corrected chi connectivity index (χ2v) is 7.41. The van der Waals surface area contributed by atoms with Crippen LogP contribution in [0, 0.1) is 0 Å². The van der Waals surface area contributed by atoms with E-state index in [1.165, 1.54) is 18.3 Å². The number of nitrogens with one attached hydrogen (secondary N) is 2. The van der Waals surface area contributed by atoms with Gasteiger partial charge in [0.1, 0.15) is 0 Å². The van der Waals surface area contributed by atoms with Gasteiger partial charge in [-0.3, -0.25) is 0 Å². The van der Waals surface area contributed by atoms with Gasteiger partial charge < -0.3 is 9.97 Å². The molecule has 0 radical (unpaired) electrons. The second-order valence-electron chi connectivity index (χ2n) is 6.19. The quantitative estimate of drug-likeness (QED) is 0.141. The van der Waals surface area contributed by atoms with Gasteiger partial charge >= 0.3 is 29.2 Å². The van der Waals surface area contributed by atoms with Crippen molar-refractivity contribution < 1.29 is 18.3 Å². The summed E-state index contributed by atoms with van der Waals surface area (Å²) in [4.78, 5) is 16.0. The third-order valence-electron chi connectivity index (χ3n) is 4.04. The Morgan fingerprint density at radius 2 is 0.758 bits per heavy atom. The molecule has 12 heteroatoms. The zero-order chi connectivity index (χ0) is 18.6. The van der Waals surface area contributed by atoms with E-state index in [9.17, 15) is 0 Å². The molecule has 2 aliphatic heterocycles. The van der Waals surface area contributed by atoms with Gasteiger partial charge in [-0.05, 0) is 72.8 Å². The number of nitrogens with zero attached hydrogens (tertiary/aromatic N) is 2. The average molecular weight is 891 g/mol. The minimum atomic E-state index is 0. The Bertz CT molecular complexity index is 1030. The van der Waals surface area contributed by atoms with Crippen molar-refractivity contribution in [3.63, 3.8) is 0 Å². The molecular weight excluding hydrogens is 867 g/mol. The van der Waals surface area contributed by atoms with Gasteiger partial charge in [-0.1, -0.05) is 0 Å². The molecule has 0 atom stereocenters. The molecule has 0 unspecified atom stereocenters. The van der Waals surface area contributed by atoms with Crippen LogP contribution in [-0.2, 0) is 18.3 Å². The summed E-state index contributed by atoms with van der Waals surface area (Å²) in [7, 11) is 0. The van der Waals surface area contributed by atoms with Crippen molar-refractivity contribution in [2.45, 2.75) is 0 Å². The molecule has 3 aromatic heterocycles. The number of aromatic amines is 2. The Labute approximate surface area is 265 Å². The van der Waals surface area contributed by atoms with E-state index in [0.29, 0.717) is 0 Å². The Hall–Kier alpha value is 0.0634. The fourth-order valence-corrected chi connectivity index (χ4v) is 2.94. The number of fused-ring (bicyclic) bond motifs is 8. The monoisotopic (exact) mass is 884 g/mol. The van der Waals surface area contributed by atoms with E-state index >= 15 is 0 Å². The standard InChI is InChI=1S/C20H14N4.CH4N.6BrH.Zn/c1-2-14-10-16-5-6-18(23-16)12-20-8-7-19(24-20)11-17-4-3-15(22-17)9-13(1)21-14;1-2;;;;;;;/h1-12,21,24H;1-2H2;6*1H;. The van der Waals surface area contributed by atoms with Gasteiger partial charge in [0.05, 0.1) is 22.8 Å². The minimum absolute atomic E-state index is 0. The van der Waals surface area contributed by atoms with Crippen molar-refractivity contribution in [3.05, 3.63) is 71.3 Å². The van der Waals surface area contributed by atoms with Crippen LogP contribution in [0.25, 0.3) is 46.4 Å². The van der Waals surface area contributed by atoms with Crippen molar-refractivity contribution in [3.8, 4) is 0 Å². The van der Waals surface area contributed by atoms with Crippen LogP contribution in [-0.4, -0.2) is 25.1 Å². The summed E-state index contributed by atoms with van der Waals surface area (Å²) in [6.07, 6.45) is 8.09. The molecule has 8 bridgehead atoms. The molecule has 4 N–H and O–H groups in total. The summed E-state index contributed by atoms with van der Waals surface area (Å²) in [6.45, 7) is 0. The summed E-state index contributed by atoms with van der Waals surface area (Å²) in [5, 5.41) is 0.875. The van der Waals surface area contributed by atoms with Gasteiger partial charge in [0.15, 0.2) is 0 Å². The second kappa shape index (κ2) is 18.3. The number of hydrogen-bond donors (Lipinski definition) is 3. The molecule has 0 fully saturated rings. The van der Waals surface area contributed by atoms with Gasteiger partial charge in [-0.2, -0.15) is 0 Å². The molecule has 0 aliphatic carbocycles. The Kier molecular flexibility index (Phi) is 20.9. The molecule has 2 aliphatic rings. The fourth-order valence-electron chi connectivity index (χ4n) is 2.94. The van der Waals surface area contributed by atoms with Gasteiger partial charge in [0.2, 0.25) is 0 Å². The van der Waals surface area contributed by atoms with E-state index in [4.69, 9.17) is 5.73 Å². The first kappa shape index (κ1) is 37.6. The molecule has 33 heavy (non-hydrogen) atoms. The van der Waals surface area contributed by atoms with Crippen molar-refractivity contribution in [1.29, 1.82) is 0 Å². The van der Waals surface area contributed by atoms with Crippen LogP contribution < -0.4 is 5.73 Å². The molecule has 5 heterocycles. The van der Waals surface area contributed by atoms with E-state index in [-0.39, 0.29) is 102 Å². The summed E-state index contributed by atoms with van der Waals surface area (Å²) in [5.74, 6) is 0.